The number of aromatic nitrogens is 2. The molecule has 0 spiro atoms. The summed E-state index contributed by atoms with van der Waals surface area (Å²) in [6.07, 6.45) is 16.7. The van der Waals surface area contributed by atoms with Gasteiger partial charge in [0.2, 0.25) is 0 Å². The highest BCUT2D eigenvalue weighted by Gasteiger charge is 2.03. The molecule has 0 aliphatic heterocycles. The highest BCUT2D eigenvalue weighted by Crippen LogP contribution is 2.03. The number of hydrogen-bond acceptors (Lipinski definition) is 4. The highest BCUT2D eigenvalue weighted by atomic mass is 16.5. The maximum absolute atomic E-state index is 5.77. The van der Waals surface area contributed by atoms with Crippen molar-refractivity contribution >= 4 is 0 Å². The molecule has 2 aromatic heterocycles. The minimum Gasteiger partial charge on any atom is -0.381 e. The third-order valence-corrected chi connectivity index (χ3v) is 4.85. The smallest absolute Gasteiger partial charge is 0.171 e. The third-order valence-electron chi connectivity index (χ3n) is 4.85. The normalized spacial score (nSPS) is 11.1. The molecule has 0 atom stereocenters. The molecule has 0 saturated heterocycles. The quantitative estimate of drug-likeness (QED) is 0.326. The number of nitrogens with zero attached hydrogens (tertiary/aromatic N) is 2. The van der Waals surface area contributed by atoms with Crippen LogP contribution in [-0.2, 0) is 28.9 Å². The van der Waals surface area contributed by atoms with Gasteiger partial charge in [0.15, 0.2) is 12.4 Å². The number of unbranched alkanes of at least 4 members (excludes halogenated alkanes) is 2. The molecule has 5 heteroatoms. The van der Waals surface area contributed by atoms with Crippen LogP contribution in [0.4, 0.5) is 0 Å². The van der Waals surface area contributed by atoms with Gasteiger partial charge in [-0.1, -0.05) is 6.07 Å². The molecule has 0 amide bonds. The van der Waals surface area contributed by atoms with Crippen molar-refractivity contribution < 1.29 is 14.0 Å². The maximum atomic E-state index is 5.77. The first-order valence-corrected chi connectivity index (χ1v) is 11.1. The van der Waals surface area contributed by atoms with Crippen molar-refractivity contribution in [3.8, 4) is 0 Å². The van der Waals surface area contributed by atoms with Crippen molar-refractivity contribution in [1.29, 1.82) is 0 Å². The molecule has 0 bridgehead atoms. The third kappa shape index (κ3) is 11.7. The van der Waals surface area contributed by atoms with Crippen LogP contribution < -0.4 is 10.3 Å². The molecule has 0 aromatic carbocycles. The number of nitrogens with two attached hydrogens (primary N) is 1. The molecular weight excluding hydrogens is 362 g/mol. The standard InChI is InChI=1S/C24H38N3O2/c25-13-1-3-17-28-20-8-12-24-10-6-16-27(22-24)15-2-4-18-29-19-7-11-23-9-5-14-26-21-23/h5-6,9-10,14,16,21-22H,1-4,7-8,11-13,15,17-20,25H2/q+1. The van der Waals surface area contributed by atoms with Crippen molar-refractivity contribution in [2.45, 2.75) is 57.9 Å². The van der Waals surface area contributed by atoms with Gasteiger partial charge >= 0.3 is 0 Å². The van der Waals surface area contributed by atoms with E-state index >= 15 is 0 Å². The number of rotatable bonds is 17. The summed E-state index contributed by atoms with van der Waals surface area (Å²) < 4.78 is 13.7. The first-order chi connectivity index (χ1) is 14.4. The van der Waals surface area contributed by atoms with E-state index in [2.05, 4.69) is 40.1 Å². The zero-order chi connectivity index (χ0) is 20.4. The SMILES string of the molecule is NCCCCOCCCc1ccc[n+](CCCCOCCCc2cccnc2)c1. The van der Waals surface area contributed by atoms with E-state index in [1.807, 2.05) is 18.5 Å². The number of pyridine rings is 2. The Bertz CT molecular complexity index is 637. The monoisotopic (exact) mass is 400 g/mol. The van der Waals surface area contributed by atoms with E-state index in [9.17, 15) is 0 Å². The lowest BCUT2D eigenvalue weighted by Gasteiger charge is -2.05. The molecule has 0 aliphatic carbocycles. The predicted molar refractivity (Wildman–Crippen MR) is 117 cm³/mol. The van der Waals surface area contributed by atoms with Gasteiger partial charge in [-0.05, 0) is 69.2 Å². The molecular formula is C24H38N3O2+. The zero-order valence-electron chi connectivity index (χ0n) is 17.8. The molecule has 0 aliphatic rings. The van der Waals surface area contributed by atoms with E-state index < -0.39 is 0 Å². The Hall–Kier alpha value is -1.82. The lowest BCUT2D eigenvalue weighted by atomic mass is 10.1. The minimum absolute atomic E-state index is 0.756. The molecule has 0 fully saturated rings. The van der Waals surface area contributed by atoms with Crippen LogP contribution in [0.15, 0.2) is 49.1 Å². The summed E-state index contributed by atoms with van der Waals surface area (Å²) >= 11 is 0. The van der Waals surface area contributed by atoms with Crippen molar-refractivity contribution in [3.63, 3.8) is 0 Å². The largest absolute Gasteiger partial charge is 0.381 e. The number of ether oxygens (including phenoxy) is 2. The van der Waals surface area contributed by atoms with Gasteiger partial charge in [0.1, 0.15) is 6.54 Å². The Kier molecular flexibility index (Phi) is 13.0. The summed E-state index contributed by atoms with van der Waals surface area (Å²) in [5.74, 6) is 0. The van der Waals surface area contributed by atoms with Gasteiger partial charge in [-0.2, -0.15) is 0 Å². The van der Waals surface area contributed by atoms with Gasteiger partial charge in [0.05, 0.1) is 0 Å². The highest BCUT2D eigenvalue weighted by molar-refractivity contribution is 5.08. The number of aryl methyl sites for hydroxylation is 3. The van der Waals surface area contributed by atoms with Crippen molar-refractivity contribution in [1.82, 2.24) is 4.98 Å². The molecule has 5 nitrogen and oxygen atoms in total. The van der Waals surface area contributed by atoms with Gasteiger partial charge in [0.25, 0.3) is 0 Å². The predicted octanol–water partition coefficient (Wildman–Crippen LogP) is 3.49. The lowest BCUT2D eigenvalue weighted by molar-refractivity contribution is -0.697. The van der Waals surface area contributed by atoms with E-state index in [0.717, 1.165) is 90.9 Å². The summed E-state index contributed by atoms with van der Waals surface area (Å²) in [5.41, 5.74) is 8.15. The van der Waals surface area contributed by atoms with Crippen LogP contribution >= 0.6 is 0 Å². The fourth-order valence-corrected chi connectivity index (χ4v) is 3.22. The van der Waals surface area contributed by atoms with Gasteiger partial charge < -0.3 is 15.2 Å². The minimum atomic E-state index is 0.756. The molecule has 2 rings (SSSR count). The molecule has 0 unspecified atom stereocenters. The fraction of sp³-hybridized carbons (Fsp3) is 0.583. The van der Waals surface area contributed by atoms with E-state index in [1.54, 1.807) is 0 Å². The maximum Gasteiger partial charge on any atom is 0.171 e. The lowest BCUT2D eigenvalue weighted by Crippen LogP contribution is -2.33. The van der Waals surface area contributed by atoms with Crippen LogP contribution in [0.1, 0.15) is 49.7 Å². The summed E-state index contributed by atoms with van der Waals surface area (Å²) in [7, 11) is 0. The summed E-state index contributed by atoms with van der Waals surface area (Å²) in [6, 6.07) is 8.46. The average Bonchev–Trinajstić information content (AvgIpc) is 2.76. The summed E-state index contributed by atoms with van der Waals surface area (Å²) in [6.45, 7) is 5.13. The van der Waals surface area contributed by atoms with Crippen LogP contribution in [0.3, 0.4) is 0 Å². The fourth-order valence-electron chi connectivity index (χ4n) is 3.22. The van der Waals surface area contributed by atoms with E-state index in [0.29, 0.717) is 0 Å². The van der Waals surface area contributed by atoms with Gasteiger partial charge in [-0.25, -0.2) is 4.57 Å². The molecule has 29 heavy (non-hydrogen) atoms. The second kappa shape index (κ2) is 16.0. The Morgan fingerprint density at radius 2 is 1.48 bits per heavy atom. The van der Waals surface area contributed by atoms with Crippen LogP contribution in [0.25, 0.3) is 0 Å². The first kappa shape index (κ1) is 23.5. The van der Waals surface area contributed by atoms with Crippen molar-refractivity contribution in [2.24, 2.45) is 5.73 Å². The van der Waals surface area contributed by atoms with Gasteiger partial charge in [-0.3, -0.25) is 4.98 Å². The van der Waals surface area contributed by atoms with Gasteiger partial charge in [-0.15, -0.1) is 0 Å². The number of hydrogen-bond donors (Lipinski definition) is 1. The molecule has 2 heterocycles. The average molecular weight is 401 g/mol. The van der Waals surface area contributed by atoms with E-state index in [1.165, 1.54) is 11.1 Å². The Balaban J connectivity index is 1.47. The molecule has 2 N–H and O–H groups in total. The Morgan fingerprint density at radius 3 is 2.21 bits per heavy atom. The van der Waals surface area contributed by atoms with Crippen LogP contribution in [0.2, 0.25) is 0 Å². The van der Waals surface area contributed by atoms with Crippen molar-refractivity contribution in [2.75, 3.05) is 33.0 Å². The second-order valence-electron chi connectivity index (χ2n) is 7.45. The van der Waals surface area contributed by atoms with Crippen LogP contribution in [0.5, 0.6) is 0 Å². The van der Waals surface area contributed by atoms with Crippen LogP contribution in [0, 0.1) is 0 Å². The first-order valence-electron chi connectivity index (χ1n) is 11.1. The zero-order valence-corrected chi connectivity index (χ0v) is 17.8. The molecule has 0 saturated carbocycles. The topological polar surface area (TPSA) is 61.2 Å². The van der Waals surface area contributed by atoms with E-state index in [4.69, 9.17) is 15.2 Å². The summed E-state index contributed by atoms with van der Waals surface area (Å²) in [5, 5.41) is 0. The van der Waals surface area contributed by atoms with Crippen molar-refractivity contribution in [3.05, 3.63) is 60.2 Å². The van der Waals surface area contributed by atoms with Crippen LogP contribution in [-0.4, -0.2) is 38.0 Å². The van der Waals surface area contributed by atoms with E-state index in [-0.39, 0.29) is 0 Å². The Morgan fingerprint density at radius 1 is 0.793 bits per heavy atom. The summed E-state index contributed by atoms with van der Waals surface area (Å²) in [4.78, 5) is 4.14. The molecule has 0 radical (unpaired) electrons. The second-order valence-corrected chi connectivity index (χ2v) is 7.45. The molecule has 2 aromatic rings. The Labute approximate surface area is 176 Å². The van der Waals surface area contributed by atoms with Gasteiger partial charge in [0, 0.05) is 56.9 Å². The molecule has 160 valence electrons.